The first kappa shape index (κ1) is 23.7. The highest BCUT2D eigenvalue weighted by Crippen LogP contribution is 2.57. The van der Waals surface area contributed by atoms with Crippen molar-refractivity contribution in [3.8, 4) is 0 Å². The van der Waals surface area contributed by atoms with E-state index >= 15 is 0 Å². The highest BCUT2D eigenvalue weighted by molar-refractivity contribution is 5.63. The second-order valence-corrected chi connectivity index (χ2v) is 11.6. The lowest BCUT2D eigenvalue weighted by atomic mass is 9.58. The molecule has 0 bridgehead atoms. The van der Waals surface area contributed by atoms with Crippen molar-refractivity contribution in [2.24, 2.45) is 11.8 Å². The number of hydrogen-bond acceptors (Lipinski definition) is 1. The first-order chi connectivity index (χ1) is 17.5. The number of rotatable bonds is 3. The Bertz CT molecular complexity index is 1300. The van der Waals surface area contributed by atoms with Gasteiger partial charge in [-0.25, -0.2) is 0 Å². The quantitative estimate of drug-likeness (QED) is 0.463. The van der Waals surface area contributed by atoms with Crippen LogP contribution in [0.5, 0.6) is 0 Å². The number of aliphatic hydroxyl groups is 1. The minimum absolute atomic E-state index is 0.370. The van der Waals surface area contributed by atoms with Crippen LogP contribution in [0.4, 0.5) is 0 Å². The molecule has 1 heteroatoms. The molecule has 0 fully saturated rings. The lowest BCUT2D eigenvalue weighted by Crippen LogP contribution is -2.32. The predicted octanol–water partition coefficient (Wildman–Crippen LogP) is 8.67. The Morgan fingerprint density at radius 2 is 1.75 bits per heavy atom. The predicted molar refractivity (Wildman–Crippen MR) is 151 cm³/mol. The van der Waals surface area contributed by atoms with E-state index < -0.39 is 0 Å². The van der Waals surface area contributed by atoms with E-state index in [2.05, 4.69) is 76.3 Å². The van der Waals surface area contributed by atoms with Gasteiger partial charge in [-0.3, -0.25) is 0 Å². The van der Waals surface area contributed by atoms with Gasteiger partial charge >= 0.3 is 0 Å². The summed E-state index contributed by atoms with van der Waals surface area (Å²) in [6.45, 7) is 9.26. The Balaban J connectivity index is 1.53. The van der Waals surface area contributed by atoms with Crippen LogP contribution in [0.2, 0.25) is 0 Å². The van der Waals surface area contributed by atoms with Crippen molar-refractivity contribution in [1.29, 1.82) is 0 Å². The minimum Gasteiger partial charge on any atom is -0.389 e. The third-order valence-corrected chi connectivity index (χ3v) is 9.59. The average molecular weight is 477 g/mol. The largest absolute Gasteiger partial charge is 0.389 e. The molecular formula is C35H40O. The molecule has 0 radical (unpaired) electrons. The van der Waals surface area contributed by atoms with Crippen LogP contribution >= 0.6 is 0 Å². The first-order valence-corrected chi connectivity index (χ1v) is 14.1. The zero-order chi connectivity index (χ0) is 25.0. The summed E-state index contributed by atoms with van der Waals surface area (Å²) in [4.78, 5) is 0. The van der Waals surface area contributed by atoms with Gasteiger partial charge < -0.3 is 5.11 Å². The fourth-order valence-corrected chi connectivity index (χ4v) is 8.02. The summed E-state index contributed by atoms with van der Waals surface area (Å²) >= 11 is 0. The van der Waals surface area contributed by atoms with Crippen molar-refractivity contribution >= 4 is 0 Å². The van der Waals surface area contributed by atoms with E-state index in [1.54, 1.807) is 33.4 Å². The van der Waals surface area contributed by atoms with Crippen LogP contribution in [0.15, 0.2) is 99.2 Å². The molecule has 0 aromatic heterocycles. The smallest absolute Gasteiger partial charge is 0.0764 e. The number of hydrogen-bond donors (Lipinski definition) is 1. The molecule has 36 heavy (non-hydrogen) atoms. The molecule has 1 aromatic carbocycles. The SMILES string of the molecule is CCC1=CCCC(C)=C1C1CC2=C(CC(c3c(C)cccc3C)C3=C2CC(O)C=C3)C2=CC=CCC21. The normalized spacial score (nSPS) is 29.6. The lowest BCUT2D eigenvalue weighted by molar-refractivity contribution is 0.220. The number of allylic oxidation sites excluding steroid dienone is 12. The molecule has 0 amide bonds. The van der Waals surface area contributed by atoms with Gasteiger partial charge in [0.1, 0.15) is 0 Å². The Kier molecular flexibility index (Phi) is 6.16. The van der Waals surface area contributed by atoms with Gasteiger partial charge in [0.05, 0.1) is 6.10 Å². The fourth-order valence-electron chi connectivity index (χ4n) is 8.02. The molecule has 0 saturated carbocycles. The Morgan fingerprint density at radius 1 is 0.944 bits per heavy atom. The summed E-state index contributed by atoms with van der Waals surface area (Å²) in [5.41, 5.74) is 16.7. The molecule has 186 valence electrons. The summed E-state index contributed by atoms with van der Waals surface area (Å²) in [7, 11) is 0. The second-order valence-electron chi connectivity index (χ2n) is 11.6. The summed E-state index contributed by atoms with van der Waals surface area (Å²) in [5, 5.41) is 10.8. The van der Waals surface area contributed by atoms with Crippen LogP contribution in [-0.2, 0) is 0 Å². The maximum Gasteiger partial charge on any atom is 0.0764 e. The molecule has 6 rings (SSSR count). The fraction of sp³-hybridized carbons (Fsp3) is 0.429. The van der Waals surface area contributed by atoms with E-state index in [0.29, 0.717) is 17.8 Å². The molecule has 1 aromatic rings. The van der Waals surface area contributed by atoms with E-state index in [4.69, 9.17) is 0 Å². The Labute approximate surface area is 217 Å². The Hall–Kier alpha value is -2.64. The molecule has 1 N–H and O–H groups in total. The molecule has 0 aliphatic heterocycles. The zero-order valence-electron chi connectivity index (χ0n) is 22.4. The van der Waals surface area contributed by atoms with Gasteiger partial charge in [0.25, 0.3) is 0 Å². The van der Waals surface area contributed by atoms with E-state index in [1.807, 2.05) is 6.08 Å². The summed E-state index contributed by atoms with van der Waals surface area (Å²) in [6, 6.07) is 6.73. The van der Waals surface area contributed by atoms with Crippen molar-refractivity contribution in [2.75, 3.05) is 0 Å². The van der Waals surface area contributed by atoms with E-state index in [0.717, 1.165) is 32.1 Å². The second kappa shape index (κ2) is 9.34. The van der Waals surface area contributed by atoms with Crippen LogP contribution in [0.25, 0.3) is 0 Å². The first-order valence-electron chi connectivity index (χ1n) is 14.1. The number of aliphatic hydroxyl groups excluding tert-OH is 1. The monoisotopic (exact) mass is 476 g/mol. The van der Waals surface area contributed by atoms with Gasteiger partial charge in [0.2, 0.25) is 0 Å². The molecule has 0 saturated heterocycles. The molecule has 1 nitrogen and oxygen atoms in total. The molecule has 4 atom stereocenters. The lowest BCUT2D eigenvalue weighted by Gasteiger charge is -2.46. The maximum absolute atomic E-state index is 10.8. The number of aryl methyl sites for hydroxylation is 2. The third kappa shape index (κ3) is 3.79. The average Bonchev–Trinajstić information content (AvgIpc) is 2.88. The van der Waals surface area contributed by atoms with Crippen molar-refractivity contribution in [3.63, 3.8) is 0 Å². The van der Waals surface area contributed by atoms with Crippen LogP contribution in [0, 0.1) is 25.7 Å². The maximum atomic E-state index is 10.8. The van der Waals surface area contributed by atoms with Gasteiger partial charge in [-0.1, -0.05) is 67.2 Å². The molecule has 4 unspecified atom stereocenters. The van der Waals surface area contributed by atoms with Gasteiger partial charge in [-0.05, 0) is 127 Å². The van der Waals surface area contributed by atoms with Crippen molar-refractivity contribution < 1.29 is 5.11 Å². The zero-order valence-corrected chi connectivity index (χ0v) is 22.4. The Morgan fingerprint density at radius 3 is 2.53 bits per heavy atom. The van der Waals surface area contributed by atoms with Gasteiger partial charge in [-0.2, -0.15) is 0 Å². The topological polar surface area (TPSA) is 20.2 Å². The summed E-state index contributed by atoms with van der Waals surface area (Å²) in [5.74, 6) is 1.48. The van der Waals surface area contributed by atoms with Crippen molar-refractivity contribution in [2.45, 2.75) is 84.7 Å². The van der Waals surface area contributed by atoms with Crippen molar-refractivity contribution in [3.05, 3.63) is 116 Å². The summed E-state index contributed by atoms with van der Waals surface area (Å²) in [6.07, 6.45) is 21.2. The molecular weight excluding hydrogens is 436 g/mol. The third-order valence-electron chi connectivity index (χ3n) is 9.59. The van der Waals surface area contributed by atoms with Crippen LogP contribution in [0.1, 0.15) is 81.4 Å². The number of benzene rings is 1. The van der Waals surface area contributed by atoms with Crippen molar-refractivity contribution in [1.82, 2.24) is 0 Å². The molecule has 0 heterocycles. The standard InChI is InChI=1S/C35H40O/c1-5-24-13-9-12-23(4)35(24)33-20-31-29-18-25(36)16-17-28(29)32(34-21(2)10-8-11-22(34)3)19-30(31)26-14-6-7-15-27(26)33/h6-8,10-11,13-14,16-17,25,27,32-33,36H,5,9,12,15,18-20H2,1-4H3. The molecule has 0 spiro atoms. The van der Waals surface area contributed by atoms with Crippen LogP contribution in [0.3, 0.4) is 0 Å². The van der Waals surface area contributed by atoms with Gasteiger partial charge in [0, 0.05) is 12.3 Å². The van der Waals surface area contributed by atoms with Crippen LogP contribution < -0.4 is 0 Å². The minimum atomic E-state index is -0.382. The molecule has 5 aliphatic carbocycles. The number of fused-ring (bicyclic) bond motifs is 3. The summed E-state index contributed by atoms with van der Waals surface area (Å²) < 4.78 is 0. The van der Waals surface area contributed by atoms with Crippen LogP contribution in [-0.4, -0.2) is 11.2 Å². The highest BCUT2D eigenvalue weighted by atomic mass is 16.3. The van der Waals surface area contributed by atoms with E-state index in [9.17, 15) is 5.11 Å². The highest BCUT2D eigenvalue weighted by Gasteiger charge is 2.43. The molecule has 5 aliphatic rings. The van der Waals surface area contributed by atoms with Gasteiger partial charge in [0.15, 0.2) is 0 Å². The van der Waals surface area contributed by atoms with Gasteiger partial charge in [-0.15, -0.1) is 0 Å². The van der Waals surface area contributed by atoms with E-state index in [-0.39, 0.29) is 6.10 Å². The van der Waals surface area contributed by atoms with E-state index in [1.165, 1.54) is 40.7 Å².